The zero-order valence-electron chi connectivity index (χ0n) is 11.0. The second kappa shape index (κ2) is 7.04. The van der Waals surface area contributed by atoms with Gasteiger partial charge in [-0.3, -0.25) is 4.79 Å². The van der Waals surface area contributed by atoms with Crippen molar-refractivity contribution in [2.24, 2.45) is 5.92 Å². The molecule has 2 N–H and O–H groups in total. The molecule has 0 aromatic heterocycles. The Bertz CT molecular complexity index is 542. The van der Waals surface area contributed by atoms with Crippen molar-refractivity contribution in [2.75, 3.05) is 26.4 Å². The molecule has 1 fully saturated rings. The molecule has 0 aliphatic carbocycles. The molecule has 1 saturated heterocycles. The fraction of sp³-hybridized carbons (Fsp3) is 0.400. The van der Waals surface area contributed by atoms with Crippen molar-refractivity contribution < 1.29 is 19.0 Å². The third kappa shape index (κ3) is 3.80. The van der Waals surface area contributed by atoms with Crippen molar-refractivity contribution >= 4 is 5.91 Å². The lowest BCUT2D eigenvalue weighted by Crippen LogP contribution is -2.29. The number of hydrogen-bond donors (Lipinski definition) is 2. The monoisotopic (exact) mass is 277 g/mol. The number of halogens is 1. The van der Waals surface area contributed by atoms with Crippen LogP contribution in [0.3, 0.4) is 0 Å². The Kier molecular flexibility index (Phi) is 5.10. The van der Waals surface area contributed by atoms with Crippen molar-refractivity contribution in [3.05, 3.63) is 35.1 Å². The third-order valence-electron chi connectivity index (χ3n) is 3.11. The van der Waals surface area contributed by atoms with Crippen LogP contribution in [0.1, 0.15) is 22.3 Å². The fourth-order valence-electron chi connectivity index (χ4n) is 1.98. The first kappa shape index (κ1) is 14.5. The minimum absolute atomic E-state index is 0.166. The Balaban J connectivity index is 1.97. The average molecular weight is 277 g/mol. The number of amides is 1. The van der Waals surface area contributed by atoms with Gasteiger partial charge in [0, 0.05) is 24.6 Å². The minimum atomic E-state index is -0.567. The molecule has 20 heavy (non-hydrogen) atoms. The lowest BCUT2D eigenvalue weighted by molar-refractivity contribution is 0.0944. The van der Waals surface area contributed by atoms with E-state index in [0.717, 1.165) is 19.1 Å². The maximum Gasteiger partial charge on any atom is 0.251 e. The number of ether oxygens (including phenoxy) is 1. The van der Waals surface area contributed by atoms with Gasteiger partial charge in [0.2, 0.25) is 0 Å². The number of aliphatic hydroxyl groups excluding tert-OH is 1. The quantitative estimate of drug-likeness (QED) is 0.808. The second-order valence-electron chi connectivity index (χ2n) is 4.59. The van der Waals surface area contributed by atoms with Gasteiger partial charge < -0.3 is 15.2 Å². The number of carbonyl (C=O) groups is 1. The Morgan fingerprint density at radius 1 is 1.55 bits per heavy atom. The molecule has 1 amide bonds. The van der Waals surface area contributed by atoms with Crippen LogP contribution in [-0.4, -0.2) is 37.4 Å². The van der Waals surface area contributed by atoms with Crippen molar-refractivity contribution in [1.29, 1.82) is 0 Å². The predicted molar refractivity (Wildman–Crippen MR) is 71.6 cm³/mol. The zero-order valence-corrected chi connectivity index (χ0v) is 11.0. The highest BCUT2D eigenvalue weighted by Gasteiger charge is 2.17. The van der Waals surface area contributed by atoms with Crippen LogP contribution in [0.5, 0.6) is 0 Å². The number of hydrogen-bond acceptors (Lipinski definition) is 3. The maximum absolute atomic E-state index is 13.7. The van der Waals surface area contributed by atoms with Crippen LogP contribution in [0, 0.1) is 23.6 Å². The molecule has 1 unspecified atom stereocenters. The average Bonchev–Trinajstić information content (AvgIpc) is 2.96. The van der Waals surface area contributed by atoms with Crippen LogP contribution in [0.15, 0.2) is 18.2 Å². The highest BCUT2D eigenvalue weighted by atomic mass is 19.1. The zero-order chi connectivity index (χ0) is 14.4. The Morgan fingerprint density at radius 3 is 3.05 bits per heavy atom. The summed E-state index contributed by atoms with van der Waals surface area (Å²) < 4.78 is 18.9. The molecule has 4 nitrogen and oxygen atoms in total. The van der Waals surface area contributed by atoms with Gasteiger partial charge in [0.1, 0.15) is 12.4 Å². The van der Waals surface area contributed by atoms with Crippen molar-refractivity contribution in [2.45, 2.75) is 6.42 Å². The van der Waals surface area contributed by atoms with E-state index in [2.05, 4.69) is 17.2 Å². The molecule has 1 aliphatic rings. The molecule has 1 heterocycles. The molecular weight excluding hydrogens is 261 g/mol. The summed E-state index contributed by atoms with van der Waals surface area (Å²) in [7, 11) is 0. The highest BCUT2D eigenvalue weighted by molar-refractivity contribution is 5.94. The van der Waals surface area contributed by atoms with E-state index in [4.69, 9.17) is 9.84 Å². The first-order valence-corrected chi connectivity index (χ1v) is 6.46. The first-order valence-electron chi connectivity index (χ1n) is 6.46. The van der Waals surface area contributed by atoms with Gasteiger partial charge in [0.05, 0.1) is 12.2 Å². The van der Waals surface area contributed by atoms with Crippen LogP contribution < -0.4 is 5.32 Å². The molecule has 5 heteroatoms. The Labute approximate surface area is 116 Å². The normalized spacial score (nSPS) is 17.4. The van der Waals surface area contributed by atoms with E-state index in [1.54, 1.807) is 0 Å². The number of carbonyl (C=O) groups excluding carboxylic acids is 1. The van der Waals surface area contributed by atoms with Gasteiger partial charge in [-0.1, -0.05) is 11.8 Å². The number of rotatable bonds is 3. The molecule has 0 bridgehead atoms. The lowest BCUT2D eigenvalue weighted by atomic mass is 10.1. The van der Waals surface area contributed by atoms with Gasteiger partial charge in [-0.2, -0.15) is 0 Å². The van der Waals surface area contributed by atoms with E-state index in [0.29, 0.717) is 19.1 Å². The summed E-state index contributed by atoms with van der Waals surface area (Å²) in [5, 5.41) is 11.3. The lowest BCUT2D eigenvalue weighted by Gasteiger charge is -2.09. The molecule has 106 valence electrons. The molecule has 1 atom stereocenters. The van der Waals surface area contributed by atoms with Crippen LogP contribution in [-0.2, 0) is 4.74 Å². The van der Waals surface area contributed by atoms with Gasteiger partial charge in [-0.15, -0.1) is 0 Å². The summed E-state index contributed by atoms with van der Waals surface area (Å²) in [6.45, 7) is 1.59. The molecule has 1 aliphatic heterocycles. The van der Waals surface area contributed by atoms with Crippen molar-refractivity contribution in [1.82, 2.24) is 5.32 Å². The van der Waals surface area contributed by atoms with Crippen LogP contribution in [0.25, 0.3) is 0 Å². The first-order chi connectivity index (χ1) is 9.70. The fourth-order valence-corrected chi connectivity index (χ4v) is 1.98. The van der Waals surface area contributed by atoms with Crippen molar-refractivity contribution in [3.63, 3.8) is 0 Å². The second-order valence-corrected chi connectivity index (χ2v) is 4.59. The van der Waals surface area contributed by atoms with E-state index in [1.807, 2.05) is 0 Å². The van der Waals surface area contributed by atoms with E-state index in [1.165, 1.54) is 12.1 Å². The van der Waals surface area contributed by atoms with Gasteiger partial charge in [0.15, 0.2) is 0 Å². The number of aliphatic hydroxyl groups is 1. The Morgan fingerprint density at radius 2 is 2.40 bits per heavy atom. The minimum Gasteiger partial charge on any atom is -0.384 e. The van der Waals surface area contributed by atoms with Gasteiger partial charge >= 0.3 is 0 Å². The van der Waals surface area contributed by atoms with E-state index in [9.17, 15) is 9.18 Å². The predicted octanol–water partition coefficient (Wildman–Crippen LogP) is 0.936. The summed E-state index contributed by atoms with van der Waals surface area (Å²) in [6, 6.07) is 4.11. The van der Waals surface area contributed by atoms with Gasteiger partial charge in [-0.25, -0.2) is 4.39 Å². The summed E-state index contributed by atoms with van der Waals surface area (Å²) in [5.74, 6) is 4.31. The smallest absolute Gasteiger partial charge is 0.251 e. The summed E-state index contributed by atoms with van der Waals surface area (Å²) >= 11 is 0. The number of nitrogens with one attached hydrogen (secondary N) is 1. The summed E-state index contributed by atoms with van der Waals surface area (Å²) in [6.07, 6.45) is 0.935. The SMILES string of the molecule is O=C(NCC1CCOC1)c1ccc(C#CCO)c(F)c1. The van der Waals surface area contributed by atoms with E-state index >= 15 is 0 Å². The maximum atomic E-state index is 13.7. The molecule has 1 aromatic carbocycles. The Hall–Kier alpha value is -1.90. The molecule has 2 rings (SSSR count). The summed E-state index contributed by atoms with van der Waals surface area (Å²) in [4.78, 5) is 11.9. The van der Waals surface area contributed by atoms with Gasteiger partial charge in [0.25, 0.3) is 5.91 Å². The molecule has 0 saturated carbocycles. The number of benzene rings is 1. The van der Waals surface area contributed by atoms with E-state index < -0.39 is 5.82 Å². The largest absolute Gasteiger partial charge is 0.384 e. The molecule has 0 radical (unpaired) electrons. The van der Waals surface area contributed by atoms with Crippen LogP contribution in [0.2, 0.25) is 0 Å². The molecular formula is C15H16FNO3. The third-order valence-corrected chi connectivity index (χ3v) is 3.11. The molecule has 0 spiro atoms. The van der Waals surface area contributed by atoms with Crippen LogP contribution >= 0.6 is 0 Å². The molecule has 1 aromatic rings. The van der Waals surface area contributed by atoms with Crippen molar-refractivity contribution in [3.8, 4) is 11.8 Å². The topological polar surface area (TPSA) is 58.6 Å². The van der Waals surface area contributed by atoms with Gasteiger partial charge in [-0.05, 0) is 24.6 Å². The summed E-state index contributed by atoms with van der Waals surface area (Å²) in [5.41, 5.74) is 0.427. The standard InChI is InChI=1S/C15H16FNO3/c16-14-8-13(4-3-12(14)2-1-6-18)15(19)17-9-11-5-7-20-10-11/h3-4,8,11,18H,5-7,9-10H2,(H,17,19). The van der Waals surface area contributed by atoms with Crippen LogP contribution in [0.4, 0.5) is 4.39 Å². The highest BCUT2D eigenvalue weighted by Crippen LogP contribution is 2.12. The van der Waals surface area contributed by atoms with E-state index in [-0.39, 0.29) is 23.6 Å².